The maximum atomic E-state index is 12.2. The van der Waals surface area contributed by atoms with Crippen LogP contribution in [0.1, 0.15) is 12.0 Å². The highest BCUT2D eigenvalue weighted by Gasteiger charge is 2.47. The van der Waals surface area contributed by atoms with Gasteiger partial charge in [0, 0.05) is 18.4 Å². The maximum absolute atomic E-state index is 12.2. The number of halogens is 2. The molecule has 1 aromatic carbocycles. The SMILES string of the molecule is FB(F)[C@H]1C[C@H]1NCc1ccccc1. The van der Waals surface area contributed by atoms with Crippen LogP contribution in [0.25, 0.3) is 0 Å². The second kappa shape index (κ2) is 4.09. The molecular formula is C10H12BF2N. The third-order valence-electron chi connectivity index (χ3n) is 2.57. The molecule has 4 heteroatoms. The zero-order chi connectivity index (χ0) is 9.97. The first-order valence-corrected chi connectivity index (χ1v) is 4.83. The summed E-state index contributed by atoms with van der Waals surface area (Å²) < 4.78 is 24.3. The minimum absolute atomic E-state index is 0.0233. The van der Waals surface area contributed by atoms with Crippen LogP contribution in [0, 0.1) is 0 Å². The molecule has 14 heavy (non-hydrogen) atoms. The molecule has 1 N–H and O–H groups in total. The van der Waals surface area contributed by atoms with Crippen LogP contribution in [0.2, 0.25) is 5.82 Å². The molecule has 1 aromatic rings. The Hall–Kier alpha value is -0.895. The smallest absolute Gasteiger partial charge is 0.310 e. The minimum Gasteiger partial charge on any atom is -0.310 e. The molecule has 1 aliphatic carbocycles. The van der Waals surface area contributed by atoms with E-state index in [9.17, 15) is 8.63 Å². The summed E-state index contributed by atoms with van der Waals surface area (Å²) in [5.41, 5.74) is 1.15. The van der Waals surface area contributed by atoms with Crippen molar-refractivity contribution in [2.45, 2.75) is 24.8 Å². The topological polar surface area (TPSA) is 12.0 Å². The number of nitrogens with one attached hydrogen (secondary N) is 1. The summed E-state index contributed by atoms with van der Waals surface area (Å²) in [5.74, 6) is -0.418. The predicted molar refractivity (Wildman–Crippen MR) is 53.4 cm³/mol. The second-order valence-corrected chi connectivity index (χ2v) is 3.71. The fourth-order valence-corrected chi connectivity index (χ4v) is 1.57. The molecule has 0 saturated heterocycles. The van der Waals surface area contributed by atoms with E-state index in [0.717, 1.165) is 5.56 Å². The van der Waals surface area contributed by atoms with Gasteiger partial charge in [0.05, 0.1) is 0 Å². The van der Waals surface area contributed by atoms with Crippen molar-refractivity contribution in [2.24, 2.45) is 0 Å². The van der Waals surface area contributed by atoms with E-state index >= 15 is 0 Å². The summed E-state index contributed by atoms with van der Waals surface area (Å²) in [5, 5.41) is 3.12. The van der Waals surface area contributed by atoms with E-state index in [2.05, 4.69) is 5.32 Å². The van der Waals surface area contributed by atoms with Gasteiger partial charge in [-0.25, -0.2) is 0 Å². The molecule has 0 radical (unpaired) electrons. The lowest BCUT2D eigenvalue weighted by Gasteiger charge is -2.02. The van der Waals surface area contributed by atoms with E-state index < -0.39 is 13.1 Å². The van der Waals surface area contributed by atoms with Crippen molar-refractivity contribution >= 4 is 7.27 Å². The van der Waals surface area contributed by atoms with Gasteiger partial charge in [0.1, 0.15) is 0 Å². The molecule has 2 rings (SSSR count). The van der Waals surface area contributed by atoms with Crippen molar-refractivity contribution in [3.8, 4) is 0 Å². The van der Waals surface area contributed by atoms with Crippen molar-refractivity contribution < 1.29 is 8.63 Å². The van der Waals surface area contributed by atoms with Crippen molar-refractivity contribution in [3.63, 3.8) is 0 Å². The summed E-state index contributed by atoms with van der Waals surface area (Å²) in [7, 11) is -2.16. The van der Waals surface area contributed by atoms with E-state index in [0.29, 0.717) is 13.0 Å². The Labute approximate surface area is 82.7 Å². The minimum atomic E-state index is -2.16. The molecule has 2 atom stereocenters. The third kappa shape index (κ3) is 2.32. The van der Waals surface area contributed by atoms with Crippen LogP contribution in [-0.4, -0.2) is 13.3 Å². The molecule has 1 fully saturated rings. The fourth-order valence-electron chi connectivity index (χ4n) is 1.57. The van der Waals surface area contributed by atoms with E-state index in [1.165, 1.54) is 0 Å². The van der Waals surface area contributed by atoms with Gasteiger partial charge >= 0.3 is 7.27 Å². The van der Waals surface area contributed by atoms with Gasteiger partial charge in [-0.15, -0.1) is 0 Å². The zero-order valence-corrected chi connectivity index (χ0v) is 7.79. The van der Waals surface area contributed by atoms with Crippen LogP contribution in [0.15, 0.2) is 30.3 Å². The van der Waals surface area contributed by atoms with Gasteiger partial charge < -0.3 is 5.32 Å². The summed E-state index contributed by atoms with van der Waals surface area (Å²) >= 11 is 0. The van der Waals surface area contributed by atoms with Gasteiger partial charge in [0.15, 0.2) is 0 Å². The largest absolute Gasteiger partial charge is 0.542 e. The van der Waals surface area contributed by atoms with Crippen LogP contribution in [0.4, 0.5) is 8.63 Å². The lowest BCUT2D eigenvalue weighted by Crippen LogP contribution is -2.18. The van der Waals surface area contributed by atoms with Gasteiger partial charge in [0.2, 0.25) is 0 Å². The van der Waals surface area contributed by atoms with Gasteiger partial charge in [0.25, 0.3) is 0 Å². The van der Waals surface area contributed by atoms with Gasteiger partial charge in [-0.05, 0) is 12.0 Å². The predicted octanol–water partition coefficient (Wildman–Crippen LogP) is 2.35. The standard InChI is InChI=1S/C10H12BF2N/c12-11(13)9-6-10(9)14-7-8-4-2-1-3-5-8/h1-5,9-10,14H,6-7H2/t9-,10+/m0/s1. The fraction of sp³-hybridized carbons (Fsp3) is 0.400. The van der Waals surface area contributed by atoms with Crippen LogP contribution in [0.5, 0.6) is 0 Å². The van der Waals surface area contributed by atoms with E-state index in [4.69, 9.17) is 0 Å². The van der Waals surface area contributed by atoms with Crippen molar-refractivity contribution in [3.05, 3.63) is 35.9 Å². The summed E-state index contributed by atoms with van der Waals surface area (Å²) in [4.78, 5) is 0. The monoisotopic (exact) mass is 195 g/mol. The van der Waals surface area contributed by atoms with Crippen LogP contribution in [-0.2, 0) is 6.54 Å². The van der Waals surface area contributed by atoms with Crippen molar-refractivity contribution in [2.75, 3.05) is 0 Å². The number of hydrogen-bond donors (Lipinski definition) is 1. The maximum Gasteiger partial charge on any atom is 0.542 e. The highest BCUT2D eigenvalue weighted by atomic mass is 19.2. The molecule has 0 spiro atoms. The Morgan fingerprint density at radius 1 is 1.29 bits per heavy atom. The Morgan fingerprint density at radius 2 is 2.00 bits per heavy atom. The van der Waals surface area contributed by atoms with E-state index in [1.54, 1.807) is 0 Å². The molecule has 1 nitrogen and oxygen atoms in total. The molecule has 0 aromatic heterocycles. The highest BCUT2D eigenvalue weighted by molar-refractivity contribution is 6.46. The molecule has 0 unspecified atom stereocenters. The number of rotatable bonds is 4. The first-order valence-electron chi connectivity index (χ1n) is 4.83. The molecule has 0 aliphatic heterocycles. The molecular weight excluding hydrogens is 183 g/mol. The van der Waals surface area contributed by atoms with E-state index in [1.807, 2.05) is 30.3 Å². The van der Waals surface area contributed by atoms with Crippen LogP contribution in [0.3, 0.4) is 0 Å². The average Bonchev–Trinajstić information content (AvgIpc) is 2.96. The number of hydrogen-bond acceptors (Lipinski definition) is 1. The summed E-state index contributed by atoms with van der Waals surface area (Å²) in [6, 6.07) is 9.86. The third-order valence-corrected chi connectivity index (χ3v) is 2.57. The molecule has 74 valence electrons. The summed E-state index contributed by atoms with van der Waals surface area (Å²) in [6.07, 6.45) is 0.616. The van der Waals surface area contributed by atoms with E-state index in [-0.39, 0.29) is 6.04 Å². The molecule has 0 bridgehead atoms. The normalized spacial score (nSPS) is 24.7. The molecule has 0 amide bonds. The second-order valence-electron chi connectivity index (χ2n) is 3.71. The van der Waals surface area contributed by atoms with Crippen molar-refractivity contribution in [1.29, 1.82) is 0 Å². The quantitative estimate of drug-likeness (QED) is 0.727. The molecule has 1 aliphatic rings. The lowest BCUT2D eigenvalue weighted by atomic mass is 9.90. The Kier molecular flexibility index (Phi) is 2.82. The van der Waals surface area contributed by atoms with Gasteiger partial charge in [-0.2, -0.15) is 0 Å². The van der Waals surface area contributed by atoms with Gasteiger partial charge in [-0.1, -0.05) is 30.3 Å². The van der Waals surface area contributed by atoms with Crippen LogP contribution >= 0.6 is 0 Å². The lowest BCUT2D eigenvalue weighted by molar-refractivity contribution is 0.625. The van der Waals surface area contributed by atoms with Gasteiger partial charge in [-0.3, -0.25) is 8.63 Å². The Balaban J connectivity index is 1.75. The average molecular weight is 195 g/mol. The summed E-state index contributed by atoms with van der Waals surface area (Å²) in [6.45, 7) is 0.689. The molecule has 1 saturated carbocycles. The van der Waals surface area contributed by atoms with Crippen molar-refractivity contribution in [1.82, 2.24) is 5.32 Å². The Bertz CT molecular complexity index is 291. The Morgan fingerprint density at radius 3 is 2.57 bits per heavy atom. The van der Waals surface area contributed by atoms with Crippen LogP contribution < -0.4 is 5.32 Å². The molecule has 0 heterocycles. The first-order chi connectivity index (χ1) is 6.77. The highest BCUT2D eigenvalue weighted by Crippen LogP contribution is 2.40. The number of benzene rings is 1. The first kappa shape index (κ1) is 9.65. The zero-order valence-electron chi connectivity index (χ0n) is 7.79.